The summed E-state index contributed by atoms with van der Waals surface area (Å²) in [5, 5.41) is 4.96. The van der Waals surface area contributed by atoms with E-state index in [0.29, 0.717) is 18.0 Å². The van der Waals surface area contributed by atoms with Crippen LogP contribution in [0.1, 0.15) is 40.5 Å². The highest BCUT2D eigenvalue weighted by atomic mass is 16.1. The number of hydrogen-bond acceptors (Lipinski definition) is 2. The second-order valence-corrected chi connectivity index (χ2v) is 6.74. The van der Waals surface area contributed by atoms with E-state index in [-0.39, 0.29) is 5.91 Å². The van der Waals surface area contributed by atoms with Gasteiger partial charge in [-0.2, -0.15) is 0 Å². The van der Waals surface area contributed by atoms with E-state index in [0.717, 1.165) is 28.2 Å². The van der Waals surface area contributed by atoms with Gasteiger partial charge in [0, 0.05) is 11.8 Å². The van der Waals surface area contributed by atoms with Crippen molar-refractivity contribution in [3.63, 3.8) is 0 Å². The van der Waals surface area contributed by atoms with Crippen molar-refractivity contribution in [2.24, 2.45) is 5.92 Å². The van der Waals surface area contributed by atoms with Crippen LogP contribution in [0.3, 0.4) is 0 Å². The SMILES string of the molecule is Cc1cccc(CNC(=O)c2cc3/c(nc2C)=C/CC(C)/C=C\C=3)c1. The fourth-order valence-electron chi connectivity index (χ4n) is 2.99. The Hall–Kier alpha value is -2.68. The lowest BCUT2D eigenvalue weighted by molar-refractivity contribution is 0.0949. The Bertz CT molecular complexity index is 941. The number of allylic oxidation sites excluding steroid dienone is 2. The van der Waals surface area contributed by atoms with Crippen LogP contribution in [0.15, 0.2) is 42.5 Å². The number of aryl methyl sites for hydroxylation is 2. The van der Waals surface area contributed by atoms with Crippen molar-refractivity contribution in [1.29, 1.82) is 0 Å². The minimum absolute atomic E-state index is 0.0814. The maximum Gasteiger partial charge on any atom is 0.253 e. The van der Waals surface area contributed by atoms with Crippen molar-refractivity contribution in [2.45, 2.75) is 33.7 Å². The molecule has 1 amide bonds. The van der Waals surface area contributed by atoms with Crippen LogP contribution in [0.2, 0.25) is 0 Å². The van der Waals surface area contributed by atoms with Gasteiger partial charge in [0.15, 0.2) is 0 Å². The molecule has 25 heavy (non-hydrogen) atoms. The summed E-state index contributed by atoms with van der Waals surface area (Å²) in [5.74, 6) is 0.422. The van der Waals surface area contributed by atoms with E-state index in [2.05, 4.69) is 54.5 Å². The molecule has 0 bridgehead atoms. The fourth-order valence-corrected chi connectivity index (χ4v) is 2.99. The molecule has 1 heterocycles. The molecule has 0 fully saturated rings. The Labute approximate surface area is 148 Å². The molecule has 1 atom stereocenters. The first-order chi connectivity index (χ1) is 12.0. The number of carbonyl (C=O) groups excluding carboxylic acids is 1. The van der Waals surface area contributed by atoms with E-state index in [9.17, 15) is 4.79 Å². The predicted octanol–water partition coefficient (Wildman–Crippen LogP) is 2.79. The first-order valence-corrected chi connectivity index (χ1v) is 8.73. The molecule has 0 spiro atoms. The van der Waals surface area contributed by atoms with Crippen LogP contribution in [-0.2, 0) is 6.54 Å². The Morgan fingerprint density at radius 2 is 2.12 bits per heavy atom. The second kappa shape index (κ2) is 7.47. The molecule has 128 valence electrons. The molecule has 0 radical (unpaired) electrons. The number of amides is 1. The Morgan fingerprint density at radius 1 is 1.28 bits per heavy atom. The molecule has 1 aliphatic carbocycles. The van der Waals surface area contributed by atoms with E-state index in [1.807, 2.05) is 31.2 Å². The summed E-state index contributed by atoms with van der Waals surface area (Å²) in [6, 6.07) is 10.1. The quantitative estimate of drug-likeness (QED) is 0.939. The third kappa shape index (κ3) is 4.24. The van der Waals surface area contributed by atoms with Gasteiger partial charge < -0.3 is 5.32 Å². The monoisotopic (exact) mass is 332 g/mol. The van der Waals surface area contributed by atoms with Crippen molar-refractivity contribution < 1.29 is 4.79 Å². The van der Waals surface area contributed by atoms with Crippen molar-refractivity contribution in [2.75, 3.05) is 0 Å². The lowest BCUT2D eigenvalue weighted by Crippen LogP contribution is -2.34. The third-order valence-corrected chi connectivity index (χ3v) is 4.45. The zero-order chi connectivity index (χ0) is 17.8. The topological polar surface area (TPSA) is 42.0 Å². The molecule has 1 aliphatic rings. The van der Waals surface area contributed by atoms with Gasteiger partial charge in [-0.25, -0.2) is 0 Å². The zero-order valence-electron chi connectivity index (χ0n) is 15.0. The Balaban J connectivity index is 1.86. The lowest BCUT2D eigenvalue weighted by atomic mass is 10.0. The van der Waals surface area contributed by atoms with Gasteiger partial charge in [-0.05, 0) is 37.8 Å². The summed E-state index contributed by atoms with van der Waals surface area (Å²) in [7, 11) is 0. The zero-order valence-corrected chi connectivity index (χ0v) is 15.0. The molecule has 2 aromatic rings. The number of aromatic nitrogens is 1. The van der Waals surface area contributed by atoms with Crippen LogP contribution >= 0.6 is 0 Å². The number of carbonyl (C=O) groups is 1. The van der Waals surface area contributed by atoms with E-state index >= 15 is 0 Å². The number of benzene rings is 1. The molecular weight excluding hydrogens is 308 g/mol. The third-order valence-electron chi connectivity index (χ3n) is 4.45. The molecule has 3 heteroatoms. The van der Waals surface area contributed by atoms with Crippen molar-refractivity contribution in [3.8, 4) is 0 Å². The van der Waals surface area contributed by atoms with Crippen LogP contribution in [0.25, 0.3) is 12.2 Å². The van der Waals surface area contributed by atoms with E-state index in [1.165, 1.54) is 5.56 Å². The molecular formula is C22H24N2O. The van der Waals surface area contributed by atoms with Gasteiger partial charge in [0.2, 0.25) is 0 Å². The number of fused-ring (bicyclic) bond motifs is 1. The summed E-state index contributed by atoms with van der Waals surface area (Å²) < 4.78 is 0. The smallest absolute Gasteiger partial charge is 0.253 e. The highest BCUT2D eigenvalue weighted by molar-refractivity contribution is 5.95. The molecule has 1 unspecified atom stereocenters. The van der Waals surface area contributed by atoms with Crippen LogP contribution in [-0.4, -0.2) is 10.9 Å². The van der Waals surface area contributed by atoms with Gasteiger partial charge in [-0.15, -0.1) is 0 Å². The first-order valence-electron chi connectivity index (χ1n) is 8.73. The predicted molar refractivity (Wildman–Crippen MR) is 102 cm³/mol. The standard InChI is InChI=1S/C22H24N2O/c1-15-6-5-9-19-13-20(17(3)24-21(19)11-10-15)22(25)23-14-18-8-4-7-16(2)12-18/h4-9,11-13,15H,10,14H2,1-3H3,(H,23,25)/b6-5-,19-9-,21-11-. The molecule has 0 saturated carbocycles. The second-order valence-electron chi connectivity index (χ2n) is 6.74. The van der Waals surface area contributed by atoms with E-state index < -0.39 is 0 Å². The maximum absolute atomic E-state index is 12.6. The Kier molecular flexibility index (Phi) is 5.13. The van der Waals surface area contributed by atoms with E-state index in [4.69, 9.17) is 0 Å². The normalized spacial score (nSPS) is 20.0. The summed E-state index contributed by atoms with van der Waals surface area (Å²) in [4.78, 5) is 17.3. The summed E-state index contributed by atoms with van der Waals surface area (Å²) in [6.07, 6.45) is 9.38. The lowest BCUT2D eigenvalue weighted by Gasteiger charge is -2.09. The van der Waals surface area contributed by atoms with Crippen LogP contribution in [0, 0.1) is 19.8 Å². The highest BCUT2D eigenvalue weighted by Crippen LogP contribution is 2.07. The first kappa shape index (κ1) is 17.2. The summed E-state index contributed by atoms with van der Waals surface area (Å²) in [5.41, 5.74) is 3.69. The van der Waals surface area contributed by atoms with Crippen molar-refractivity contribution >= 4 is 18.1 Å². The van der Waals surface area contributed by atoms with Crippen molar-refractivity contribution in [1.82, 2.24) is 10.3 Å². The fraction of sp³-hybridized carbons (Fsp3) is 0.273. The highest BCUT2D eigenvalue weighted by Gasteiger charge is 2.11. The molecule has 1 N–H and O–H groups in total. The summed E-state index contributed by atoms with van der Waals surface area (Å²) in [6.45, 7) is 6.65. The Morgan fingerprint density at radius 3 is 2.92 bits per heavy atom. The number of pyridine rings is 1. The van der Waals surface area contributed by atoms with Gasteiger partial charge in [-0.3, -0.25) is 9.78 Å². The number of nitrogens with zero attached hydrogens (tertiary/aromatic N) is 1. The van der Waals surface area contributed by atoms with E-state index in [1.54, 1.807) is 0 Å². The van der Waals surface area contributed by atoms with Gasteiger partial charge in [0.25, 0.3) is 5.91 Å². The molecule has 0 aliphatic heterocycles. The number of hydrogen-bond donors (Lipinski definition) is 1. The minimum Gasteiger partial charge on any atom is -0.348 e. The van der Waals surface area contributed by atoms with Gasteiger partial charge in [-0.1, -0.05) is 61.1 Å². The van der Waals surface area contributed by atoms with Crippen LogP contribution in [0.4, 0.5) is 0 Å². The molecule has 1 aromatic heterocycles. The van der Waals surface area contributed by atoms with Crippen LogP contribution < -0.4 is 15.9 Å². The van der Waals surface area contributed by atoms with Crippen LogP contribution in [0.5, 0.6) is 0 Å². The summed E-state index contributed by atoms with van der Waals surface area (Å²) >= 11 is 0. The largest absolute Gasteiger partial charge is 0.348 e. The van der Waals surface area contributed by atoms with Crippen molar-refractivity contribution in [3.05, 3.63) is 75.4 Å². The average Bonchev–Trinajstić information content (AvgIpc) is 2.57. The van der Waals surface area contributed by atoms with Gasteiger partial charge in [0.05, 0.1) is 16.6 Å². The average molecular weight is 332 g/mol. The molecule has 0 saturated heterocycles. The van der Waals surface area contributed by atoms with Gasteiger partial charge in [0.1, 0.15) is 0 Å². The number of rotatable bonds is 3. The minimum atomic E-state index is -0.0814. The molecule has 3 nitrogen and oxygen atoms in total. The van der Waals surface area contributed by atoms with Gasteiger partial charge >= 0.3 is 0 Å². The molecule has 1 aromatic carbocycles. The molecule has 3 rings (SSSR count). The number of nitrogens with one attached hydrogen (secondary N) is 1. The maximum atomic E-state index is 12.6.